The number of hydrogen-bond acceptors (Lipinski definition) is 4. The summed E-state index contributed by atoms with van der Waals surface area (Å²) in [6, 6.07) is 15.4. The Morgan fingerprint density at radius 1 is 1.07 bits per heavy atom. The number of ether oxygens (including phenoxy) is 1. The van der Waals surface area contributed by atoms with Crippen molar-refractivity contribution in [1.82, 2.24) is 4.90 Å². The van der Waals surface area contributed by atoms with E-state index in [0.29, 0.717) is 0 Å². The second kappa shape index (κ2) is 7.74. The molecule has 0 spiro atoms. The predicted molar refractivity (Wildman–Crippen MR) is 110 cm³/mol. The summed E-state index contributed by atoms with van der Waals surface area (Å²) in [5, 5.41) is 9.67. The highest BCUT2D eigenvalue weighted by Crippen LogP contribution is 2.49. The highest BCUT2D eigenvalue weighted by Gasteiger charge is 2.46. The zero-order valence-electron chi connectivity index (χ0n) is 16.5. The number of carbonyl (C=O) groups excluding carboxylic acids is 1. The topological polar surface area (TPSA) is 53.0 Å². The Labute approximate surface area is 166 Å². The number of rotatable bonds is 5. The second-order valence-corrected chi connectivity index (χ2v) is 7.99. The molecule has 0 bridgehead atoms. The fourth-order valence-electron chi connectivity index (χ4n) is 4.07. The van der Waals surface area contributed by atoms with Crippen LogP contribution in [0.3, 0.4) is 0 Å². The van der Waals surface area contributed by atoms with Crippen molar-refractivity contribution < 1.29 is 14.6 Å². The molecule has 5 nitrogen and oxygen atoms in total. The Bertz CT molecular complexity index is 843. The number of anilines is 1. The van der Waals surface area contributed by atoms with E-state index >= 15 is 0 Å². The average Bonchev–Trinajstić information content (AvgIpc) is 3.49. The molecule has 2 atom stereocenters. The van der Waals surface area contributed by atoms with E-state index in [4.69, 9.17) is 4.74 Å². The first-order valence-corrected chi connectivity index (χ1v) is 10.1. The number of aromatic hydroxyl groups is 1. The molecule has 2 aliphatic rings. The Hall–Kier alpha value is -2.69. The number of nitrogens with zero attached hydrogens (tertiary/aromatic N) is 2. The van der Waals surface area contributed by atoms with Crippen LogP contribution in [0.1, 0.15) is 31.7 Å². The average molecular weight is 380 g/mol. The van der Waals surface area contributed by atoms with Gasteiger partial charge < -0.3 is 19.6 Å². The number of carbonyl (C=O) groups is 1. The number of benzene rings is 2. The van der Waals surface area contributed by atoms with Gasteiger partial charge in [0.05, 0.1) is 11.8 Å². The smallest absolute Gasteiger partial charge is 0.226 e. The maximum absolute atomic E-state index is 12.9. The number of hydrogen-bond donors (Lipinski definition) is 1. The number of amides is 1. The molecule has 0 aromatic heterocycles. The van der Waals surface area contributed by atoms with E-state index in [1.165, 1.54) is 0 Å². The van der Waals surface area contributed by atoms with Crippen LogP contribution >= 0.6 is 0 Å². The van der Waals surface area contributed by atoms with Crippen LogP contribution in [-0.2, 0) is 4.79 Å². The molecule has 1 saturated heterocycles. The quantitative estimate of drug-likeness (QED) is 0.861. The molecule has 2 aromatic rings. The molecule has 1 saturated carbocycles. The van der Waals surface area contributed by atoms with Gasteiger partial charge in [-0.2, -0.15) is 0 Å². The zero-order chi connectivity index (χ0) is 19.7. The van der Waals surface area contributed by atoms with Crippen LogP contribution in [0.4, 0.5) is 5.69 Å². The van der Waals surface area contributed by atoms with E-state index < -0.39 is 0 Å². The van der Waals surface area contributed by atoms with Crippen molar-refractivity contribution in [2.75, 3.05) is 31.1 Å². The van der Waals surface area contributed by atoms with Crippen LogP contribution in [0.15, 0.2) is 48.5 Å². The zero-order valence-corrected chi connectivity index (χ0v) is 16.5. The van der Waals surface area contributed by atoms with Crippen molar-refractivity contribution in [3.63, 3.8) is 0 Å². The molecular formula is C23H28N2O3. The van der Waals surface area contributed by atoms with Gasteiger partial charge in [-0.05, 0) is 56.0 Å². The van der Waals surface area contributed by atoms with Crippen LogP contribution in [0.25, 0.3) is 0 Å². The SMILES string of the molecule is CC(C)Oc1ccccc1N1CCN(C(=O)C2CC2c2cccc(O)c2)CC1. The van der Waals surface area contributed by atoms with Crippen LogP contribution in [-0.4, -0.2) is 48.2 Å². The summed E-state index contributed by atoms with van der Waals surface area (Å²) in [4.78, 5) is 17.2. The Kier molecular flexibility index (Phi) is 5.16. The summed E-state index contributed by atoms with van der Waals surface area (Å²) >= 11 is 0. The Balaban J connectivity index is 1.36. The summed E-state index contributed by atoms with van der Waals surface area (Å²) in [7, 11) is 0. The lowest BCUT2D eigenvalue weighted by molar-refractivity contribution is -0.132. The maximum atomic E-state index is 12.9. The summed E-state index contributed by atoms with van der Waals surface area (Å²) in [6.45, 7) is 7.16. The molecule has 1 amide bonds. The molecule has 1 aliphatic carbocycles. The monoisotopic (exact) mass is 380 g/mol. The summed E-state index contributed by atoms with van der Waals surface area (Å²) < 4.78 is 5.95. The highest BCUT2D eigenvalue weighted by molar-refractivity contribution is 5.83. The summed E-state index contributed by atoms with van der Waals surface area (Å²) in [5.41, 5.74) is 2.17. The molecule has 1 N–H and O–H groups in total. The fraction of sp³-hybridized carbons (Fsp3) is 0.435. The van der Waals surface area contributed by atoms with Gasteiger partial charge in [0, 0.05) is 32.1 Å². The van der Waals surface area contributed by atoms with E-state index in [0.717, 1.165) is 49.6 Å². The first-order chi connectivity index (χ1) is 13.5. The highest BCUT2D eigenvalue weighted by atomic mass is 16.5. The molecule has 2 unspecified atom stereocenters. The van der Waals surface area contributed by atoms with Crippen molar-refractivity contribution in [2.45, 2.75) is 32.3 Å². The Morgan fingerprint density at radius 2 is 1.82 bits per heavy atom. The molecule has 148 valence electrons. The van der Waals surface area contributed by atoms with Crippen LogP contribution in [0.2, 0.25) is 0 Å². The van der Waals surface area contributed by atoms with Gasteiger partial charge in [-0.3, -0.25) is 4.79 Å². The van der Waals surface area contributed by atoms with E-state index in [9.17, 15) is 9.90 Å². The first-order valence-electron chi connectivity index (χ1n) is 10.1. The minimum atomic E-state index is 0.0601. The number of para-hydroxylation sites is 2. The van der Waals surface area contributed by atoms with Crippen molar-refractivity contribution in [2.24, 2.45) is 5.92 Å². The molecule has 28 heavy (non-hydrogen) atoms. The van der Waals surface area contributed by atoms with Gasteiger partial charge in [-0.1, -0.05) is 24.3 Å². The summed E-state index contributed by atoms with van der Waals surface area (Å²) in [5.74, 6) is 1.73. The van der Waals surface area contributed by atoms with Gasteiger partial charge >= 0.3 is 0 Å². The first kappa shape index (κ1) is 18.7. The van der Waals surface area contributed by atoms with Crippen molar-refractivity contribution in [3.8, 4) is 11.5 Å². The van der Waals surface area contributed by atoms with E-state index in [1.807, 2.05) is 49.1 Å². The molecule has 5 heteroatoms. The number of phenolic OH excluding ortho intramolecular Hbond substituents is 1. The Morgan fingerprint density at radius 3 is 2.54 bits per heavy atom. The molecule has 1 heterocycles. The van der Waals surface area contributed by atoms with Gasteiger partial charge in [-0.15, -0.1) is 0 Å². The van der Waals surface area contributed by atoms with Crippen molar-refractivity contribution >= 4 is 11.6 Å². The molecule has 4 rings (SSSR count). The predicted octanol–water partition coefficient (Wildman–Crippen LogP) is 3.63. The fourth-order valence-corrected chi connectivity index (χ4v) is 4.07. The third-order valence-electron chi connectivity index (χ3n) is 5.57. The van der Waals surface area contributed by atoms with Crippen molar-refractivity contribution in [3.05, 3.63) is 54.1 Å². The number of phenols is 1. The van der Waals surface area contributed by atoms with Gasteiger partial charge in [0.15, 0.2) is 0 Å². The van der Waals surface area contributed by atoms with E-state index in [-0.39, 0.29) is 29.6 Å². The largest absolute Gasteiger partial charge is 0.508 e. The third kappa shape index (κ3) is 3.93. The minimum absolute atomic E-state index is 0.0601. The number of piperazine rings is 1. The normalized spacial score (nSPS) is 21.7. The molecular weight excluding hydrogens is 352 g/mol. The lowest BCUT2D eigenvalue weighted by Crippen LogP contribution is -2.49. The van der Waals surface area contributed by atoms with E-state index in [2.05, 4.69) is 11.0 Å². The third-order valence-corrected chi connectivity index (χ3v) is 5.57. The molecule has 1 aliphatic heterocycles. The van der Waals surface area contributed by atoms with Crippen LogP contribution < -0.4 is 9.64 Å². The summed E-state index contributed by atoms with van der Waals surface area (Å²) in [6.07, 6.45) is 1.02. The van der Waals surface area contributed by atoms with Crippen LogP contribution in [0, 0.1) is 5.92 Å². The van der Waals surface area contributed by atoms with E-state index in [1.54, 1.807) is 12.1 Å². The maximum Gasteiger partial charge on any atom is 0.226 e. The molecule has 2 aromatic carbocycles. The minimum Gasteiger partial charge on any atom is -0.508 e. The molecule has 2 fully saturated rings. The van der Waals surface area contributed by atoms with Gasteiger partial charge in [-0.25, -0.2) is 0 Å². The van der Waals surface area contributed by atoms with Crippen molar-refractivity contribution in [1.29, 1.82) is 0 Å². The van der Waals surface area contributed by atoms with Gasteiger partial charge in [0.2, 0.25) is 5.91 Å². The second-order valence-electron chi connectivity index (χ2n) is 7.99. The van der Waals surface area contributed by atoms with Gasteiger partial charge in [0.1, 0.15) is 11.5 Å². The molecule has 0 radical (unpaired) electrons. The standard InChI is InChI=1S/C23H28N2O3/c1-16(2)28-22-9-4-3-8-21(22)24-10-12-25(13-11-24)23(27)20-15-19(20)17-6-5-7-18(26)14-17/h3-9,14,16,19-20,26H,10-13,15H2,1-2H3. The van der Waals surface area contributed by atoms with Crippen LogP contribution in [0.5, 0.6) is 11.5 Å². The van der Waals surface area contributed by atoms with Gasteiger partial charge in [0.25, 0.3) is 0 Å². The lowest BCUT2D eigenvalue weighted by atomic mass is 10.1. The lowest BCUT2D eigenvalue weighted by Gasteiger charge is -2.37.